The smallest absolute Gasteiger partial charge is 0.390 e. The summed E-state index contributed by atoms with van der Waals surface area (Å²) in [7, 11) is -4.18. The second-order valence-corrected chi connectivity index (χ2v) is 7.12. The van der Waals surface area contributed by atoms with E-state index in [2.05, 4.69) is 0 Å². The maximum atomic E-state index is 12.2. The molecule has 20 heavy (non-hydrogen) atoms. The average Bonchev–Trinajstić information content (AvgIpc) is 2.56. The van der Waals surface area contributed by atoms with E-state index in [1.54, 1.807) is 0 Å². The van der Waals surface area contributed by atoms with Crippen molar-refractivity contribution < 1.29 is 31.5 Å². The molecule has 0 fully saturated rings. The first kappa shape index (κ1) is 16.9. The predicted octanol–water partition coefficient (Wildman–Crippen LogP) is 2.37. The molecule has 114 valence electrons. The monoisotopic (exact) mass is 331 g/mol. The zero-order valence-corrected chi connectivity index (χ0v) is 12.1. The van der Waals surface area contributed by atoms with E-state index in [4.69, 9.17) is 5.11 Å². The molecule has 0 bridgehead atoms. The largest absolute Gasteiger partial charge is 0.477 e. The van der Waals surface area contributed by atoms with Crippen LogP contribution in [-0.4, -0.2) is 31.7 Å². The Morgan fingerprint density at radius 1 is 1.50 bits per heavy atom. The molecule has 10 heteroatoms. The van der Waals surface area contributed by atoms with Gasteiger partial charge in [0.25, 0.3) is 0 Å². The topological polar surface area (TPSA) is 83.5 Å². The van der Waals surface area contributed by atoms with Crippen molar-refractivity contribution in [2.24, 2.45) is 0 Å². The number of nitrogens with one attached hydrogen (secondary N) is 1. The number of carbonyl (C=O) groups is 1. The third kappa shape index (κ3) is 4.46. The lowest BCUT2D eigenvalue weighted by molar-refractivity contribution is -0.137. The quantitative estimate of drug-likeness (QED) is 0.868. The molecule has 0 saturated carbocycles. The van der Waals surface area contributed by atoms with Gasteiger partial charge in [-0.1, -0.05) is 0 Å². The fourth-order valence-electron chi connectivity index (χ4n) is 1.55. The molecule has 1 unspecified atom stereocenters. The SMILES string of the molecule is Cc1sc(C(=O)O)cc1S(=O)(=O)NC(C)CC(F)(F)F. The summed E-state index contributed by atoms with van der Waals surface area (Å²) in [5, 5.41) is 8.77. The molecule has 1 atom stereocenters. The molecule has 0 aliphatic carbocycles. The van der Waals surface area contributed by atoms with Gasteiger partial charge in [-0.25, -0.2) is 17.9 Å². The molecule has 0 aliphatic rings. The van der Waals surface area contributed by atoms with Crippen molar-refractivity contribution >= 4 is 27.3 Å². The molecule has 2 N–H and O–H groups in total. The highest BCUT2D eigenvalue weighted by atomic mass is 32.2. The first-order chi connectivity index (χ1) is 8.92. The molecule has 1 aromatic rings. The summed E-state index contributed by atoms with van der Waals surface area (Å²) in [4.78, 5) is 10.5. The minimum absolute atomic E-state index is 0.189. The maximum absolute atomic E-state index is 12.2. The van der Waals surface area contributed by atoms with E-state index in [0.29, 0.717) is 0 Å². The first-order valence-electron chi connectivity index (χ1n) is 5.35. The number of hydrogen-bond acceptors (Lipinski definition) is 4. The zero-order valence-electron chi connectivity index (χ0n) is 10.5. The van der Waals surface area contributed by atoms with Gasteiger partial charge in [0.15, 0.2) is 0 Å². The van der Waals surface area contributed by atoms with Crippen LogP contribution < -0.4 is 4.72 Å². The van der Waals surface area contributed by atoms with Crippen molar-refractivity contribution in [2.45, 2.75) is 37.4 Å². The second kappa shape index (κ2) is 5.70. The molecule has 1 aromatic heterocycles. The standard InChI is InChI=1S/C10H12F3NO4S2/c1-5(4-10(11,12)13)14-20(17,18)8-3-7(9(15)16)19-6(8)2/h3,5,14H,4H2,1-2H3,(H,15,16). The lowest BCUT2D eigenvalue weighted by atomic mass is 10.2. The van der Waals surface area contributed by atoms with Crippen molar-refractivity contribution in [3.63, 3.8) is 0 Å². The molecular formula is C10H12F3NO4S2. The van der Waals surface area contributed by atoms with Gasteiger partial charge in [-0.2, -0.15) is 13.2 Å². The molecule has 0 amide bonds. The van der Waals surface area contributed by atoms with Crippen LogP contribution in [0.5, 0.6) is 0 Å². The predicted molar refractivity (Wildman–Crippen MR) is 66.5 cm³/mol. The van der Waals surface area contributed by atoms with Gasteiger partial charge in [-0.3, -0.25) is 0 Å². The molecule has 0 radical (unpaired) electrons. The van der Waals surface area contributed by atoms with E-state index in [0.717, 1.165) is 24.3 Å². The summed E-state index contributed by atoms with van der Waals surface area (Å²) in [5.41, 5.74) is 0. The van der Waals surface area contributed by atoms with Crippen molar-refractivity contribution in [3.8, 4) is 0 Å². The summed E-state index contributed by atoms with van der Waals surface area (Å²) >= 11 is 0.749. The van der Waals surface area contributed by atoms with Crippen LogP contribution in [0.3, 0.4) is 0 Å². The number of sulfonamides is 1. The number of thiophene rings is 1. The van der Waals surface area contributed by atoms with Crippen molar-refractivity contribution in [2.75, 3.05) is 0 Å². The maximum Gasteiger partial charge on any atom is 0.390 e. The molecule has 5 nitrogen and oxygen atoms in total. The van der Waals surface area contributed by atoms with Crippen molar-refractivity contribution in [1.82, 2.24) is 4.72 Å². The van der Waals surface area contributed by atoms with Gasteiger partial charge in [-0.15, -0.1) is 11.3 Å². The third-order valence-corrected chi connectivity index (χ3v) is 5.15. The van der Waals surface area contributed by atoms with E-state index in [1.165, 1.54) is 6.92 Å². The number of rotatable bonds is 5. The van der Waals surface area contributed by atoms with Gasteiger partial charge >= 0.3 is 12.1 Å². The summed E-state index contributed by atoms with van der Waals surface area (Å²) in [5.74, 6) is -1.29. The number of aromatic carboxylic acids is 1. The third-order valence-electron chi connectivity index (χ3n) is 2.27. The van der Waals surface area contributed by atoms with Gasteiger partial charge in [0.1, 0.15) is 4.88 Å². The van der Waals surface area contributed by atoms with Crippen LogP contribution in [0.25, 0.3) is 0 Å². The van der Waals surface area contributed by atoms with Crippen LogP contribution in [0.1, 0.15) is 27.9 Å². The fraction of sp³-hybridized carbons (Fsp3) is 0.500. The Bertz CT molecular complexity index is 607. The summed E-state index contributed by atoms with van der Waals surface area (Å²) in [6.45, 7) is 2.48. The Balaban J connectivity index is 2.97. The number of hydrogen-bond donors (Lipinski definition) is 2. The number of halogens is 3. The fourth-order valence-corrected chi connectivity index (χ4v) is 4.23. The van der Waals surface area contributed by atoms with Crippen LogP contribution in [0, 0.1) is 6.92 Å². The Labute approximate surface area is 117 Å². The second-order valence-electron chi connectivity index (χ2n) is 4.18. The Hall–Kier alpha value is -1.13. The van der Waals surface area contributed by atoms with E-state index in [1.807, 2.05) is 4.72 Å². The van der Waals surface area contributed by atoms with Crippen LogP contribution in [0.15, 0.2) is 11.0 Å². The number of carboxylic acid groups (broad SMARTS) is 1. The molecule has 1 rings (SSSR count). The van der Waals surface area contributed by atoms with Gasteiger partial charge in [-0.05, 0) is 19.9 Å². The lowest BCUT2D eigenvalue weighted by Gasteiger charge is -2.15. The van der Waals surface area contributed by atoms with Crippen molar-refractivity contribution in [1.29, 1.82) is 0 Å². The zero-order chi connectivity index (χ0) is 15.7. The van der Waals surface area contributed by atoms with Gasteiger partial charge in [0.05, 0.1) is 11.3 Å². The normalized spacial score (nSPS) is 14.2. The van der Waals surface area contributed by atoms with Crippen LogP contribution in [0.2, 0.25) is 0 Å². The molecule has 1 heterocycles. The van der Waals surface area contributed by atoms with E-state index in [-0.39, 0.29) is 14.6 Å². The summed E-state index contributed by atoms with van der Waals surface area (Å²) in [6, 6.07) is -0.405. The number of alkyl halides is 3. The average molecular weight is 331 g/mol. The molecule has 0 aliphatic heterocycles. The van der Waals surface area contributed by atoms with Crippen molar-refractivity contribution in [3.05, 3.63) is 15.8 Å². The Morgan fingerprint density at radius 3 is 2.45 bits per heavy atom. The molecule has 0 saturated heterocycles. The van der Waals surface area contributed by atoms with Crippen LogP contribution in [0.4, 0.5) is 13.2 Å². The Kier molecular flexibility index (Phi) is 4.82. The molecule has 0 spiro atoms. The van der Waals surface area contributed by atoms with Crippen LogP contribution >= 0.6 is 11.3 Å². The molecule has 0 aromatic carbocycles. The highest BCUT2D eigenvalue weighted by Gasteiger charge is 2.32. The highest BCUT2D eigenvalue weighted by Crippen LogP contribution is 2.27. The van der Waals surface area contributed by atoms with Gasteiger partial charge < -0.3 is 5.11 Å². The molecular weight excluding hydrogens is 319 g/mol. The number of carboxylic acids is 1. The minimum Gasteiger partial charge on any atom is -0.477 e. The minimum atomic E-state index is -4.49. The van der Waals surface area contributed by atoms with Crippen LogP contribution in [-0.2, 0) is 10.0 Å². The van der Waals surface area contributed by atoms with Gasteiger partial charge in [0.2, 0.25) is 10.0 Å². The first-order valence-corrected chi connectivity index (χ1v) is 7.65. The Morgan fingerprint density at radius 2 is 2.05 bits per heavy atom. The summed E-state index contributed by atoms with van der Waals surface area (Å²) < 4.78 is 62.2. The van der Waals surface area contributed by atoms with E-state index < -0.39 is 34.6 Å². The number of aryl methyl sites for hydroxylation is 1. The summed E-state index contributed by atoms with van der Waals surface area (Å²) in [6.07, 6.45) is -5.79. The van der Waals surface area contributed by atoms with E-state index >= 15 is 0 Å². The van der Waals surface area contributed by atoms with Gasteiger partial charge in [0, 0.05) is 10.9 Å². The highest BCUT2D eigenvalue weighted by molar-refractivity contribution is 7.89. The lowest BCUT2D eigenvalue weighted by Crippen LogP contribution is -2.36. The van der Waals surface area contributed by atoms with E-state index in [9.17, 15) is 26.4 Å².